The van der Waals surface area contributed by atoms with Gasteiger partial charge < -0.3 is 15.2 Å². The van der Waals surface area contributed by atoms with Crippen LogP contribution in [0.25, 0.3) is 0 Å². The van der Waals surface area contributed by atoms with E-state index in [1.807, 2.05) is 12.1 Å². The summed E-state index contributed by atoms with van der Waals surface area (Å²) < 4.78 is 5.21. The molecule has 2 atom stereocenters. The molecule has 2 N–H and O–H groups in total. The number of ether oxygens (including phenoxy) is 1. The maximum Gasteiger partial charge on any atom is 0.118 e. The number of hydrogen-bond acceptors (Lipinski definition) is 3. The lowest BCUT2D eigenvalue weighted by Gasteiger charge is -2.22. The first-order chi connectivity index (χ1) is 9.60. The topological polar surface area (TPSA) is 41.5 Å². The zero-order valence-electron chi connectivity index (χ0n) is 12.8. The highest BCUT2D eigenvalue weighted by Gasteiger charge is 2.32. The Morgan fingerprint density at radius 2 is 1.90 bits per heavy atom. The van der Waals surface area contributed by atoms with E-state index in [9.17, 15) is 5.11 Å². The van der Waals surface area contributed by atoms with Crippen molar-refractivity contribution in [3.63, 3.8) is 0 Å². The van der Waals surface area contributed by atoms with Crippen LogP contribution >= 0.6 is 0 Å². The molecule has 2 unspecified atom stereocenters. The van der Waals surface area contributed by atoms with Crippen molar-refractivity contribution < 1.29 is 9.84 Å². The van der Waals surface area contributed by atoms with Crippen LogP contribution in [0.1, 0.15) is 44.7 Å². The predicted octanol–water partition coefficient (Wildman–Crippen LogP) is 3.14. The van der Waals surface area contributed by atoms with Gasteiger partial charge in [0.05, 0.1) is 13.2 Å². The fraction of sp³-hybridized carbons (Fsp3) is 0.647. The first-order valence-corrected chi connectivity index (χ1v) is 7.65. The summed E-state index contributed by atoms with van der Waals surface area (Å²) in [6, 6.07) is 8.64. The molecule has 1 fully saturated rings. The second kappa shape index (κ2) is 7.09. The smallest absolute Gasteiger partial charge is 0.118 e. The van der Waals surface area contributed by atoms with Crippen molar-refractivity contribution in [1.29, 1.82) is 0 Å². The largest absolute Gasteiger partial charge is 0.497 e. The SMILES string of the molecule is COc1ccc(C(NCC(O)CC(C)C)C2CC2)cc1. The van der Waals surface area contributed by atoms with Gasteiger partial charge in [-0.05, 0) is 48.8 Å². The molecule has 0 radical (unpaired) electrons. The van der Waals surface area contributed by atoms with E-state index in [0.29, 0.717) is 18.5 Å². The fourth-order valence-electron chi connectivity index (χ4n) is 2.69. The molecule has 0 spiro atoms. The molecule has 1 saturated carbocycles. The van der Waals surface area contributed by atoms with Gasteiger partial charge in [-0.15, -0.1) is 0 Å². The molecule has 0 amide bonds. The van der Waals surface area contributed by atoms with Crippen LogP contribution in [-0.2, 0) is 0 Å². The number of benzene rings is 1. The third kappa shape index (κ3) is 4.50. The van der Waals surface area contributed by atoms with Crippen LogP contribution in [0, 0.1) is 11.8 Å². The van der Waals surface area contributed by atoms with Gasteiger partial charge in [-0.3, -0.25) is 0 Å². The Hall–Kier alpha value is -1.06. The standard InChI is InChI=1S/C17H27NO2/c1-12(2)10-15(19)11-18-17(13-4-5-13)14-6-8-16(20-3)9-7-14/h6-9,12-13,15,17-19H,4-5,10-11H2,1-3H3. The van der Waals surface area contributed by atoms with Crippen LogP contribution < -0.4 is 10.1 Å². The highest BCUT2D eigenvalue weighted by atomic mass is 16.5. The van der Waals surface area contributed by atoms with Crippen LogP contribution in [-0.4, -0.2) is 24.9 Å². The predicted molar refractivity (Wildman–Crippen MR) is 81.9 cm³/mol. The summed E-state index contributed by atoms with van der Waals surface area (Å²) in [5.74, 6) is 2.14. The van der Waals surface area contributed by atoms with Crippen LogP contribution in [0.3, 0.4) is 0 Å². The zero-order chi connectivity index (χ0) is 14.5. The summed E-state index contributed by atoms with van der Waals surface area (Å²) >= 11 is 0. The van der Waals surface area contributed by atoms with Crippen molar-refractivity contribution in [2.24, 2.45) is 11.8 Å². The number of nitrogens with one attached hydrogen (secondary N) is 1. The van der Waals surface area contributed by atoms with Crippen molar-refractivity contribution in [2.45, 2.75) is 45.3 Å². The Balaban J connectivity index is 1.93. The Morgan fingerprint density at radius 3 is 2.40 bits per heavy atom. The summed E-state index contributed by atoms with van der Waals surface area (Å²) in [4.78, 5) is 0. The van der Waals surface area contributed by atoms with Gasteiger partial charge in [-0.1, -0.05) is 26.0 Å². The van der Waals surface area contributed by atoms with Gasteiger partial charge in [0, 0.05) is 12.6 Å². The quantitative estimate of drug-likeness (QED) is 0.767. The molecule has 1 aromatic carbocycles. The molecule has 0 bridgehead atoms. The Kier molecular flexibility index (Phi) is 5.44. The average molecular weight is 277 g/mol. The minimum absolute atomic E-state index is 0.255. The molecular weight excluding hydrogens is 250 g/mol. The first-order valence-electron chi connectivity index (χ1n) is 7.65. The monoisotopic (exact) mass is 277 g/mol. The van der Waals surface area contributed by atoms with Gasteiger partial charge in [-0.25, -0.2) is 0 Å². The normalized spacial score (nSPS) is 18.1. The lowest BCUT2D eigenvalue weighted by Crippen LogP contribution is -2.32. The molecule has 0 aliphatic heterocycles. The number of aliphatic hydroxyl groups excluding tert-OH is 1. The molecule has 2 rings (SSSR count). The second-order valence-corrected chi connectivity index (χ2v) is 6.28. The number of rotatable bonds is 8. The molecule has 112 valence electrons. The molecule has 3 nitrogen and oxygen atoms in total. The summed E-state index contributed by atoms with van der Waals surface area (Å²) in [6.45, 7) is 4.96. The van der Waals surface area contributed by atoms with Crippen LogP contribution in [0.15, 0.2) is 24.3 Å². The minimum Gasteiger partial charge on any atom is -0.497 e. The second-order valence-electron chi connectivity index (χ2n) is 6.28. The van der Waals surface area contributed by atoms with Gasteiger partial charge >= 0.3 is 0 Å². The van der Waals surface area contributed by atoms with E-state index in [-0.39, 0.29) is 6.10 Å². The number of aliphatic hydroxyl groups is 1. The van der Waals surface area contributed by atoms with Gasteiger partial charge in [0.2, 0.25) is 0 Å². The number of hydrogen-bond donors (Lipinski definition) is 2. The van der Waals surface area contributed by atoms with Crippen LogP contribution in [0.5, 0.6) is 5.75 Å². The molecular formula is C17H27NO2. The van der Waals surface area contributed by atoms with Crippen molar-refractivity contribution in [1.82, 2.24) is 5.32 Å². The van der Waals surface area contributed by atoms with E-state index in [4.69, 9.17) is 4.74 Å². The minimum atomic E-state index is -0.255. The van der Waals surface area contributed by atoms with E-state index >= 15 is 0 Å². The molecule has 1 aliphatic rings. The van der Waals surface area contributed by atoms with Crippen molar-refractivity contribution in [2.75, 3.05) is 13.7 Å². The van der Waals surface area contributed by atoms with E-state index in [1.165, 1.54) is 18.4 Å². The Labute approximate surface area is 122 Å². The van der Waals surface area contributed by atoms with Gasteiger partial charge in [0.1, 0.15) is 5.75 Å². The molecule has 1 aromatic rings. The van der Waals surface area contributed by atoms with Crippen molar-refractivity contribution in [3.05, 3.63) is 29.8 Å². The summed E-state index contributed by atoms with van der Waals surface area (Å²) in [5.41, 5.74) is 1.30. The summed E-state index contributed by atoms with van der Waals surface area (Å²) in [7, 11) is 1.69. The van der Waals surface area contributed by atoms with Crippen molar-refractivity contribution in [3.8, 4) is 5.75 Å². The number of methoxy groups -OCH3 is 1. The zero-order valence-corrected chi connectivity index (χ0v) is 12.8. The van der Waals surface area contributed by atoms with Gasteiger partial charge in [-0.2, -0.15) is 0 Å². The highest BCUT2D eigenvalue weighted by Crippen LogP contribution is 2.41. The van der Waals surface area contributed by atoms with Crippen LogP contribution in [0.2, 0.25) is 0 Å². The van der Waals surface area contributed by atoms with Crippen molar-refractivity contribution >= 4 is 0 Å². The molecule has 1 aliphatic carbocycles. The summed E-state index contributed by atoms with van der Waals surface area (Å²) in [6.07, 6.45) is 3.16. The van der Waals surface area contributed by atoms with E-state index in [0.717, 1.165) is 18.1 Å². The Morgan fingerprint density at radius 1 is 1.25 bits per heavy atom. The molecule has 3 heteroatoms. The highest BCUT2D eigenvalue weighted by molar-refractivity contribution is 5.30. The van der Waals surface area contributed by atoms with E-state index < -0.39 is 0 Å². The average Bonchev–Trinajstić information content (AvgIpc) is 3.23. The van der Waals surface area contributed by atoms with Gasteiger partial charge in [0.15, 0.2) is 0 Å². The molecule has 20 heavy (non-hydrogen) atoms. The third-order valence-electron chi connectivity index (χ3n) is 3.89. The third-order valence-corrected chi connectivity index (χ3v) is 3.89. The maximum absolute atomic E-state index is 10.0. The molecule has 0 aromatic heterocycles. The Bertz CT molecular complexity index is 398. The molecule has 0 saturated heterocycles. The molecule has 0 heterocycles. The maximum atomic E-state index is 10.0. The van der Waals surface area contributed by atoms with E-state index in [2.05, 4.69) is 31.3 Å². The van der Waals surface area contributed by atoms with E-state index in [1.54, 1.807) is 7.11 Å². The summed E-state index contributed by atoms with van der Waals surface area (Å²) in [5, 5.41) is 13.6. The lowest BCUT2D eigenvalue weighted by molar-refractivity contribution is 0.141. The van der Waals surface area contributed by atoms with Gasteiger partial charge in [0.25, 0.3) is 0 Å². The first kappa shape index (κ1) is 15.3. The lowest BCUT2D eigenvalue weighted by atomic mass is 10.0. The van der Waals surface area contributed by atoms with Crippen LogP contribution in [0.4, 0.5) is 0 Å². The fourth-order valence-corrected chi connectivity index (χ4v) is 2.69.